The van der Waals surface area contributed by atoms with Crippen molar-refractivity contribution in [3.8, 4) is 0 Å². The molecule has 0 atom stereocenters. The molecule has 3 nitrogen and oxygen atoms in total. The second-order valence-electron chi connectivity index (χ2n) is 6.57. The molecule has 1 heterocycles. The van der Waals surface area contributed by atoms with Gasteiger partial charge in [0.05, 0.1) is 0 Å². The molecule has 1 N–H and O–H groups in total. The first-order valence-electron chi connectivity index (χ1n) is 6.74. The molecule has 1 rings (SSSR count). The third-order valence-electron chi connectivity index (χ3n) is 4.05. The van der Waals surface area contributed by atoms with Crippen LogP contribution in [0.3, 0.4) is 0 Å². The van der Waals surface area contributed by atoms with E-state index in [1.165, 1.54) is 13.1 Å². The fraction of sp³-hybridized carbons (Fsp3) is 0.929. The number of rotatable bonds is 7. The van der Waals surface area contributed by atoms with Gasteiger partial charge in [-0.25, -0.2) is 0 Å². The zero-order valence-corrected chi connectivity index (χ0v) is 11.7. The Bertz CT molecular complexity index is 255. The SMILES string of the molecule is CC(C)C1CN(CCC(C)(C)CCC(=O)O)C1. The van der Waals surface area contributed by atoms with Crippen molar-refractivity contribution < 1.29 is 9.90 Å². The monoisotopic (exact) mass is 241 g/mol. The first-order chi connectivity index (χ1) is 7.80. The Kier molecular flexibility index (Phi) is 4.99. The first kappa shape index (κ1) is 14.5. The van der Waals surface area contributed by atoms with Gasteiger partial charge in [-0.05, 0) is 36.6 Å². The van der Waals surface area contributed by atoms with E-state index < -0.39 is 5.97 Å². The molecule has 1 saturated heterocycles. The molecule has 17 heavy (non-hydrogen) atoms. The highest BCUT2D eigenvalue weighted by molar-refractivity contribution is 5.66. The van der Waals surface area contributed by atoms with E-state index in [4.69, 9.17) is 5.11 Å². The van der Waals surface area contributed by atoms with Crippen molar-refractivity contribution in [2.24, 2.45) is 17.3 Å². The second-order valence-corrected chi connectivity index (χ2v) is 6.57. The lowest BCUT2D eigenvalue weighted by Crippen LogP contribution is -2.49. The predicted octanol–water partition coefficient (Wildman–Crippen LogP) is 2.86. The van der Waals surface area contributed by atoms with E-state index in [9.17, 15) is 4.79 Å². The van der Waals surface area contributed by atoms with Crippen LogP contribution in [-0.4, -0.2) is 35.6 Å². The van der Waals surface area contributed by atoms with Crippen LogP contribution >= 0.6 is 0 Å². The molecule has 0 aromatic carbocycles. The van der Waals surface area contributed by atoms with Crippen LogP contribution in [-0.2, 0) is 4.79 Å². The van der Waals surface area contributed by atoms with Gasteiger partial charge >= 0.3 is 5.97 Å². The minimum Gasteiger partial charge on any atom is -0.481 e. The van der Waals surface area contributed by atoms with Gasteiger partial charge in [0.15, 0.2) is 0 Å². The van der Waals surface area contributed by atoms with Crippen molar-refractivity contribution in [2.45, 2.75) is 47.0 Å². The molecule has 1 fully saturated rings. The van der Waals surface area contributed by atoms with Crippen LogP contribution in [0, 0.1) is 17.3 Å². The van der Waals surface area contributed by atoms with Crippen LogP contribution in [0.4, 0.5) is 0 Å². The average molecular weight is 241 g/mol. The molecule has 0 aliphatic carbocycles. The Hall–Kier alpha value is -0.570. The van der Waals surface area contributed by atoms with E-state index in [0.29, 0.717) is 6.42 Å². The fourth-order valence-electron chi connectivity index (χ4n) is 2.25. The Balaban J connectivity index is 2.16. The van der Waals surface area contributed by atoms with Crippen LogP contribution in [0.25, 0.3) is 0 Å². The van der Waals surface area contributed by atoms with Crippen molar-refractivity contribution in [2.75, 3.05) is 19.6 Å². The summed E-state index contributed by atoms with van der Waals surface area (Å²) in [4.78, 5) is 13.1. The number of carbonyl (C=O) groups is 1. The van der Waals surface area contributed by atoms with E-state index in [1.807, 2.05) is 0 Å². The van der Waals surface area contributed by atoms with Crippen molar-refractivity contribution in [1.82, 2.24) is 4.90 Å². The highest BCUT2D eigenvalue weighted by Gasteiger charge is 2.30. The van der Waals surface area contributed by atoms with Gasteiger partial charge in [-0.2, -0.15) is 0 Å². The maximum absolute atomic E-state index is 10.6. The molecular formula is C14H27NO2. The first-order valence-corrected chi connectivity index (χ1v) is 6.74. The van der Waals surface area contributed by atoms with E-state index in [-0.39, 0.29) is 5.41 Å². The summed E-state index contributed by atoms with van der Waals surface area (Å²) in [5.41, 5.74) is 0.154. The molecule has 0 amide bonds. The van der Waals surface area contributed by atoms with Crippen molar-refractivity contribution >= 4 is 5.97 Å². The van der Waals surface area contributed by atoms with Crippen LogP contribution in [0.5, 0.6) is 0 Å². The van der Waals surface area contributed by atoms with Crippen LogP contribution in [0.1, 0.15) is 47.0 Å². The summed E-state index contributed by atoms with van der Waals surface area (Å²) in [6.07, 6.45) is 2.18. The summed E-state index contributed by atoms with van der Waals surface area (Å²) < 4.78 is 0. The summed E-state index contributed by atoms with van der Waals surface area (Å²) >= 11 is 0. The Morgan fingerprint density at radius 3 is 2.41 bits per heavy atom. The molecule has 0 bridgehead atoms. The molecule has 0 unspecified atom stereocenters. The van der Waals surface area contributed by atoms with Gasteiger partial charge in [-0.3, -0.25) is 4.79 Å². The molecule has 0 saturated carbocycles. The van der Waals surface area contributed by atoms with Crippen molar-refractivity contribution in [3.05, 3.63) is 0 Å². The van der Waals surface area contributed by atoms with E-state index in [1.54, 1.807) is 0 Å². The maximum atomic E-state index is 10.6. The highest BCUT2D eigenvalue weighted by Crippen LogP contribution is 2.30. The van der Waals surface area contributed by atoms with Gasteiger partial charge in [0, 0.05) is 19.5 Å². The quantitative estimate of drug-likeness (QED) is 0.745. The molecule has 0 aromatic heterocycles. The molecular weight excluding hydrogens is 214 g/mol. The zero-order valence-electron chi connectivity index (χ0n) is 11.7. The average Bonchev–Trinajstić information content (AvgIpc) is 2.11. The number of aliphatic carboxylic acids is 1. The molecule has 100 valence electrons. The molecule has 3 heteroatoms. The standard InChI is InChI=1S/C14H27NO2/c1-11(2)12-9-15(10-12)8-7-14(3,4)6-5-13(16)17/h11-12H,5-10H2,1-4H3,(H,16,17). The Morgan fingerprint density at radius 2 is 1.94 bits per heavy atom. The van der Waals surface area contributed by atoms with Gasteiger partial charge in [-0.1, -0.05) is 27.7 Å². The lowest BCUT2D eigenvalue weighted by atomic mass is 9.82. The van der Waals surface area contributed by atoms with Crippen LogP contribution < -0.4 is 0 Å². The smallest absolute Gasteiger partial charge is 0.303 e. The van der Waals surface area contributed by atoms with E-state index in [2.05, 4.69) is 32.6 Å². The third-order valence-corrected chi connectivity index (χ3v) is 4.05. The largest absolute Gasteiger partial charge is 0.481 e. The summed E-state index contributed by atoms with van der Waals surface area (Å²) in [7, 11) is 0. The number of nitrogens with zero attached hydrogens (tertiary/aromatic N) is 1. The van der Waals surface area contributed by atoms with Gasteiger partial charge in [-0.15, -0.1) is 0 Å². The molecule has 0 aromatic rings. The van der Waals surface area contributed by atoms with Gasteiger partial charge in [0.1, 0.15) is 0 Å². The molecule has 0 spiro atoms. The van der Waals surface area contributed by atoms with Crippen LogP contribution in [0.15, 0.2) is 0 Å². The third kappa shape index (κ3) is 5.07. The van der Waals surface area contributed by atoms with Gasteiger partial charge in [0.25, 0.3) is 0 Å². The molecule has 1 aliphatic heterocycles. The predicted molar refractivity (Wildman–Crippen MR) is 70.0 cm³/mol. The van der Waals surface area contributed by atoms with E-state index in [0.717, 1.165) is 31.2 Å². The lowest BCUT2D eigenvalue weighted by Gasteiger charge is -2.43. The molecule has 0 radical (unpaired) electrons. The minimum absolute atomic E-state index is 0.154. The molecule has 1 aliphatic rings. The lowest BCUT2D eigenvalue weighted by molar-refractivity contribution is -0.137. The highest BCUT2D eigenvalue weighted by atomic mass is 16.4. The van der Waals surface area contributed by atoms with Crippen molar-refractivity contribution in [3.63, 3.8) is 0 Å². The van der Waals surface area contributed by atoms with E-state index >= 15 is 0 Å². The zero-order chi connectivity index (χ0) is 13.1. The minimum atomic E-state index is -0.679. The van der Waals surface area contributed by atoms with Gasteiger partial charge in [0.2, 0.25) is 0 Å². The Labute approximate surface area is 105 Å². The normalized spacial score (nSPS) is 18.4. The topological polar surface area (TPSA) is 40.5 Å². The number of carboxylic acids is 1. The van der Waals surface area contributed by atoms with Crippen LogP contribution in [0.2, 0.25) is 0 Å². The second kappa shape index (κ2) is 5.85. The Morgan fingerprint density at radius 1 is 1.35 bits per heavy atom. The number of hydrogen-bond acceptors (Lipinski definition) is 2. The number of likely N-dealkylation sites (tertiary alicyclic amines) is 1. The number of hydrogen-bond donors (Lipinski definition) is 1. The summed E-state index contributed by atoms with van der Waals surface area (Å²) in [6.45, 7) is 12.5. The summed E-state index contributed by atoms with van der Waals surface area (Å²) in [5.74, 6) is 0.991. The van der Waals surface area contributed by atoms with Crippen molar-refractivity contribution in [1.29, 1.82) is 0 Å². The number of carboxylic acid groups (broad SMARTS) is 1. The van der Waals surface area contributed by atoms with Gasteiger partial charge < -0.3 is 10.0 Å². The maximum Gasteiger partial charge on any atom is 0.303 e. The summed E-state index contributed by atoms with van der Waals surface area (Å²) in [5, 5.41) is 8.70. The fourth-order valence-corrected chi connectivity index (χ4v) is 2.25. The summed E-state index contributed by atoms with van der Waals surface area (Å²) in [6, 6.07) is 0.